The molecule has 3 heterocycles. The number of nitrogens with zero attached hydrogens (tertiary/aromatic N) is 3. The minimum Gasteiger partial charge on any atom is -0.508 e. The van der Waals surface area contributed by atoms with Crippen molar-refractivity contribution in [3.05, 3.63) is 102 Å². The number of rotatable bonds is 12. The number of hydrogen-bond donors (Lipinski definition) is 4. The van der Waals surface area contributed by atoms with E-state index in [4.69, 9.17) is 5.73 Å². The van der Waals surface area contributed by atoms with Crippen LogP contribution in [-0.4, -0.2) is 98.8 Å². The number of aromatic nitrogens is 1. The zero-order valence-corrected chi connectivity index (χ0v) is 28.6. The number of amides is 4. The summed E-state index contributed by atoms with van der Waals surface area (Å²) in [5.74, 6) is -1.22. The van der Waals surface area contributed by atoms with E-state index in [0.717, 1.165) is 27.6 Å². The quantitative estimate of drug-likeness (QED) is 0.181. The maximum absolute atomic E-state index is 15.1. The van der Waals surface area contributed by atoms with Crippen LogP contribution in [0.3, 0.4) is 0 Å². The van der Waals surface area contributed by atoms with Crippen molar-refractivity contribution in [2.45, 2.75) is 63.7 Å². The number of carbonyl (C=O) groups excluding carboxylic acids is 4. The Morgan fingerprint density at radius 3 is 2.24 bits per heavy atom. The van der Waals surface area contributed by atoms with Crippen LogP contribution in [-0.2, 0) is 38.4 Å². The molecule has 2 aliphatic rings. The van der Waals surface area contributed by atoms with Crippen LogP contribution in [0.2, 0.25) is 0 Å². The van der Waals surface area contributed by atoms with Gasteiger partial charge in [-0.3, -0.25) is 19.2 Å². The SMILES string of the molecule is CC(C)C[C@@H](C(N)=O)N1CCN(C(=O)[C@H](Cc2c[nH]c3ccccc23)N2CCN[C@@H](Cc3ccccc3)C2=O)[C@@H](Cc2ccc(O)cc2)C1=O. The van der Waals surface area contributed by atoms with E-state index in [-0.39, 0.29) is 55.3 Å². The lowest BCUT2D eigenvalue weighted by Crippen LogP contribution is -2.67. The molecular formula is C39H46N6O5. The monoisotopic (exact) mass is 678 g/mol. The number of H-pyrrole nitrogens is 1. The molecule has 50 heavy (non-hydrogen) atoms. The van der Waals surface area contributed by atoms with E-state index in [2.05, 4.69) is 10.3 Å². The highest BCUT2D eigenvalue weighted by Crippen LogP contribution is 2.27. The molecule has 3 aromatic carbocycles. The van der Waals surface area contributed by atoms with E-state index in [9.17, 15) is 19.5 Å². The number of carbonyl (C=O) groups is 4. The molecule has 4 amide bonds. The van der Waals surface area contributed by atoms with Gasteiger partial charge in [0, 0.05) is 56.1 Å². The Morgan fingerprint density at radius 2 is 1.52 bits per heavy atom. The van der Waals surface area contributed by atoms with Crippen LogP contribution in [0.5, 0.6) is 5.75 Å². The number of nitrogens with two attached hydrogens (primary N) is 1. The van der Waals surface area contributed by atoms with Crippen LogP contribution in [0.4, 0.5) is 0 Å². The van der Waals surface area contributed by atoms with E-state index < -0.39 is 30.1 Å². The first-order chi connectivity index (χ1) is 24.1. The summed E-state index contributed by atoms with van der Waals surface area (Å²) in [6, 6.07) is 21.0. The lowest BCUT2D eigenvalue weighted by Gasteiger charge is -2.46. The summed E-state index contributed by atoms with van der Waals surface area (Å²) in [5.41, 5.74) is 9.43. The number of benzene rings is 3. The minimum absolute atomic E-state index is 0.0880. The lowest BCUT2D eigenvalue weighted by atomic mass is 9.94. The summed E-state index contributed by atoms with van der Waals surface area (Å²) in [6.07, 6.45) is 3.20. The number of piperazine rings is 2. The predicted octanol–water partition coefficient (Wildman–Crippen LogP) is 3.01. The maximum Gasteiger partial charge on any atom is 0.246 e. The number of phenolic OH excluding ortho intramolecular Hbond substituents is 1. The Bertz CT molecular complexity index is 1820. The van der Waals surface area contributed by atoms with Crippen molar-refractivity contribution in [1.29, 1.82) is 0 Å². The largest absolute Gasteiger partial charge is 0.508 e. The van der Waals surface area contributed by atoms with E-state index >= 15 is 4.79 Å². The van der Waals surface area contributed by atoms with Crippen molar-refractivity contribution in [3.63, 3.8) is 0 Å². The summed E-state index contributed by atoms with van der Waals surface area (Å²) < 4.78 is 0. The van der Waals surface area contributed by atoms with Gasteiger partial charge < -0.3 is 35.8 Å². The zero-order valence-electron chi connectivity index (χ0n) is 28.6. The number of aromatic amines is 1. The fourth-order valence-corrected chi connectivity index (χ4v) is 7.38. The van der Waals surface area contributed by atoms with Gasteiger partial charge in [0.05, 0.1) is 6.04 Å². The van der Waals surface area contributed by atoms with Crippen LogP contribution in [0.15, 0.2) is 85.1 Å². The molecular weight excluding hydrogens is 632 g/mol. The number of para-hydroxylation sites is 1. The molecule has 11 nitrogen and oxygen atoms in total. The van der Waals surface area contributed by atoms with E-state index in [0.29, 0.717) is 25.9 Å². The van der Waals surface area contributed by atoms with Crippen LogP contribution >= 0.6 is 0 Å². The van der Waals surface area contributed by atoms with Crippen molar-refractivity contribution < 1.29 is 24.3 Å². The predicted molar refractivity (Wildman–Crippen MR) is 191 cm³/mol. The van der Waals surface area contributed by atoms with Crippen LogP contribution in [0, 0.1) is 5.92 Å². The Kier molecular flexibility index (Phi) is 10.5. The molecule has 2 aliphatic heterocycles. The van der Waals surface area contributed by atoms with E-state index in [1.165, 1.54) is 4.90 Å². The molecule has 262 valence electrons. The minimum atomic E-state index is -0.946. The van der Waals surface area contributed by atoms with E-state index in [1.54, 1.807) is 34.1 Å². The van der Waals surface area contributed by atoms with Gasteiger partial charge >= 0.3 is 0 Å². The summed E-state index contributed by atoms with van der Waals surface area (Å²) >= 11 is 0. The number of hydrogen-bond acceptors (Lipinski definition) is 6. The molecule has 2 fully saturated rings. The van der Waals surface area contributed by atoms with E-state index in [1.807, 2.05) is 74.6 Å². The Labute approximate surface area is 292 Å². The number of fused-ring (bicyclic) bond motifs is 1. The third-order valence-corrected chi connectivity index (χ3v) is 9.93. The third-order valence-electron chi connectivity index (χ3n) is 9.93. The molecule has 0 saturated carbocycles. The van der Waals surface area contributed by atoms with Gasteiger partial charge in [0.2, 0.25) is 23.6 Å². The second-order valence-corrected chi connectivity index (χ2v) is 13.8. The average molecular weight is 679 g/mol. The summed E-state index contributed by atoms with van der Waals surface area (Å²) in [5, 5.41) is 14.3. The number of aromatic hydroxyl groups is 1. The van der Waals surface area contributed by atoms with Crippen LogP contribution < -0.4 is 11.1 Å². The first kappa shape index (κ1) is 34.7. The molecule has 6 rings (SSSR count). The molecule has 0 unspecified atom stereocenters. The van der Waals surface area contributed by atoms with Gasteiger partial charge in [0.1, 0.15) is 23.9 Å². The first-order valence-corrected chi connectivity index (χ1v) is 17.4. The van der Waals surface area contributed by atoms with Crippen LogP contribution in [0.1, 0.15) is 37.0 Å². The number of nitrogens with one attached hydrogen (secondary N) is 2. The third kappa shape index (κ3) is 7.52. The Hall–Kier alpha value is -5.16. The summed E-state index contributed by atoms with van der Waals surface area (Å²) in [6.45, 7) is 5.10. The highest BCUT2D eigenvalue weighted by atomic mass is 16.3. The molecule has 4 aromatic rings. The Morgan fingerprint density at radius 1 is 0.840 bits per heavy atom. The molecule has 5 N–H and O–H groups in total. The molecule has 2 saturated heterocycles. The standard InChI is InChI=1S/C39H46N6O5/c1-25(2)20-33(36(40)47)44-18-19-45(34(38(44)49)22-27-12-14-29(46)15-13-27)39(50)35(23-28-24-42-31-11-7-6-10-30(28)31)43-17-16-41-32(37(43)48)21-26-8-4-3-5-9-26/h3-15,24-25,32-35,41-42,46H,16-23H2,1-2H3,(H2,40,47)/t32-,33-,34-,35-/m0/s1. The zero-order chi connectivity index (χ0) is 35.4. The van der Waals surface area contributed by atoms with Gasteiger partial charge in [-0.15, -0.1) is 0 Å². The number of phenols is 1. The van der Waals surface area contributed by atoms with Gasteiger partial charge in [-0.2, -0.15) is 0 Å². The van der Waals surface area contributed by atoms with Crippen molar-refractivity contribution >= 4 is 34.5 Å². The Balaban J connectivity index is 1.36. The highest BCUT2D eigenvalue weighted by Gasteiger charge is 2.46. The van der Waals surface area contributed by atoms with Gasteiger partial charge in [0.25, 0.3) is 0 Å². The lowest BCUT2D eigenvalue weighted by molar-refractivity contribution is -0.160. The molecule has 0 spiro atoms. The average Bonchev–Trinajstić information content (AvgIpc) is 3.52. The van der Waals surface area contributed by atoms with Crippen molar-refractivity contribution in [3.8, 4) is 5.75 Å². The molecule has 0 aliphatic carbocycles. The smallest absolute Gasteiger partial charge is 0.246 e. The van der Waals surface area contributed by atoms with Gasteiger partial charge in [-0.25, -0.2) is 0 Å². The second-order valence-electron chi connectivity index (χ2n) is 13.8. The topological polar surface area (TPSA) is 152 Å². The van der Waals surface area contributed by atoms with Gasteiger partial charge in [0.15, 0.2) is 0 Å². The molecule has 4 atom stereocenters. The maximum atomic E-state index is 15.1. The highest BCUT2D eigenvalue weighted by molar-refractivity contribution is 5.96. The second kappa shape index (κ2) is 15.2. The number of primary amides is 1. The fourth-order valence-electron chi connectivity index (χ4n) is 7.38. The molecule has 0 radical (unpaired) electrons. The van der Waals surface area contributed by atoms with Crippen molar-refractivity contribution in [2.75, 3.05) is 26.2 Å². The molecule has 0 bridgehead atoms. The fraction of sp³-hybridized carbons (Fsp3) is 0.385. The normalized spacial score (nSPS) is 19.6. The van der Waals surface area contributed by atoms with Gasteiger partial charge in [-0.1, -0.05) is 74.5 Å². The summed E-state index contributed by atoms with van der Waals surface area (Å²) in [4.78, 5) is 64.5. The summed E-state index contributed by atoms with van der Waals surface area (Å²) in [7, 11) is 0. The van der Waals surface area contributed by atoms with Crippen LogP contribution in [0.25, 0.3) is 10.9 Å². The van der Waals surface area contributed by atoms with Crippen molar-refractivity contribution in [2.24, 2.45) is 11.7 Å². The molecule has 11 heteroatoms. The van der Waals surface area contributed by atoms with Crippen molar-refractivity contribution in [1.82, 2.24) is 25.0 Å². The molecule has 1 aromatic heterocycles. The van der Waals surface area contributed by atoms with Gasteiger partial charge in [-0.05, 0) is 53.6 Å². The first-order valence-electron chi connectivity index (χ1n) is 17.4.